The maximum absolute atomic E-state index is 10.4. The summed E-state index contributed by atoms with van der Waals surface area (Å²) in [4.78, 5) is 12.7. The average Bonchev–Trinajstić information content (AvgIpc) is 2.18. The Hall–Kier alpha value is -0.690. The fourth-order valence-corrected chi connectivity index (χ4v) is 1.59. The van der Waals surface area contributed by atoms with Crippen LogP contribution < -0.4 is 10.7 Å². The molecule has 0 saturated carbocycles. The Bertz CT molecular complexity index is 195. The summed E-state index contributed by atoms with van der Waals surface area (Å²) in [6, 6.07) is 0. The van der Waals surface area contributed by atoms with Crippen LogP contribution in [0.2, 0.25) is 0 Å². The zero-order valence-electron chi connectivity index (χ0n) is 9.20. The minimum absolute atomic E-state index is 0.0293. The number of carboxylic acids is 1. The molecule has 0 amide bonds. The number of nitrogens with zero attached hydrogens (tertiary/aromatic N) is 2. The van der Waals surface area contributed by atoms with E-state index in [0.717, 1.165) is 39.3 Å². The SMILES string of the molecule is CN(CC(=O)O)NCCN1CCNCC1. The molecule has 0 aromatic carbocycles. The van der Waals surface area contributed by atoms with Crippen molar-refractivity contribution in [2.24, 2.45) is 0 Å². The van der Waals surface area contributed by atoms with Crippen LogP contribution in [0.1, 0.15) is 0 Å². The molecule has 6 nitrogen and oxygen atoms in total. The highest BCUT2D eigenvalue weighted by molar-refractivity contribution is 5.68. The molecule has 3 N–H and O–H groups in total. The normalized spacial score (nSPS) is 18.3. The van der Waals surface area contributed by atoms with Gasteiger partial charge in [-0.25, -0.2) is 5.01 Å². The minimum atomic E-state index is -0.813. The first-order valence-corrected chi connectivity index (χ1v) is 5.28. The summed E-state index contributed by atoms with van der Waals surface area (Å²) in [6.07, 6.45) is 0. The van der Waals surface area contributed by atoms with Gasteiger partial charge in [-0.1, -0.05) is 0 Å². The molecular formula is C9H20N4O2. The van der Waals surface area contributed by atoms with E-state index in [1.54, 1.807) is 12.1 Å². The topological polar surface area (TPSA) is 67.8 Å². The quantitative estimate of drug-likeness (QED) is 0.465. The molecule has 6 heteroatoms. The van der Waals surface area contributed by atoms with E-state index in [-0.39, 0.29) is 6.54 Å². The van der Waals surface area contributed by atoms with Gasteiger partial charge in [0.2, 0.25) is 0 Å². The maximum Gasteiger partial charge on any atom is 0.319 e. The van der Waals surface area contributed by atoms with E-state index in [1.807, 2.05) is 0 Å². The summed E-state index contributed by atoms with van der Waals surface area (Å²) in [6.45, 7) is 6.03. The van der Waals surface area contributed by atoms with E-state index in [9.17, 15) is 4.79 Å². The Morgan fingerprint density at radius 1 is 1.53 bits per heavy atom. The maximum atomic E-state index is 10.4. The molecule has 15 heavy (non-hydrogen) atoms. The third-order valence-electron chi connectivity index (χ3n) is 2.39. The van der Waals surface area contributed by atoms with Gasteiger partial charge < -0.3 is 10.4 Å². The monoisotopic (exact) mass is 216 g/mol. The molecule has 1 aliphatic heterocycles. The van der Waals surface area contributed by atoms with Gasteiger partial charge in [0, 0.05) is 46.3 Å². The second-order valence-corrected chi connectivity index (χ2v) is 3.75. The van der Waals surface area contributed by atoms with Crippen molar-refractivity contribution in [2.75, 3.05) is 52.9 Å². The molecule has 0 atom stereocenters. The highest BCUT2D eigenvalue weighted by Gasteiger charge is 2.09. The van der Waals surface area contributed by atoms with Crippen LogP contribution in [0.15, 0.2) is 0 Å². The number of piperazine rings is 1. The second-order valence-electron chi connectivity index (χ2n) is 3.75. The van der Waals surface area contributed by atoms with Crippen molar-refractivity contribution in [2.45, 2.75) is 0 Å². The number of rotatable bonds is 6. The molecule has 88 valence electrons. The Kier molecular flexibility index (Phi) is 5.56. The van der Waals surface area contributed by atoms with Crippen LogP contribution >= 0.6 is 0 Å². The number of carbonyl (C=O) groups is 1. The second kappa shape index (κ2) is 6.73. The number of hydrazine groups is 1. The Balaban J connectivity index is 2.02. The molecule has 1 fully saturated rings. The van der Waals surface area contributed by atoms with Gasteiger partial charge in [-0.05, 0) is 0 Å². The summed E-state index contributed by atoms with van der Waals surface area (Å²) >= 11 is 0. The van der Waals surface area contributed by atoms with E-state index in [1.165, 1.54) is 0 Å². The van der Waals surface area contributed by atoms with E-state index in [4.69, 9.17) is 5.11 Å². The predicted octanol–water partition coefficient (Wildman–Crippen LogP) is -1.59. The summed E-state index contributed by atoms with van der Waals surface area (Å²) in [5.74, 6) is -0.813. The van der Waals surface area contributed by atoms with Gasteiger partial charge in [0.15, 0.2) is 0 Å². The Morgan fingerprint density at radius 2 is 2.20 bits per heavy atom. The lowest BCUT2D eigenvalue weighted by molar-refractivity contribution is -0.138. The third kappa shape index (κ3) is 5.68. The number of hydrogen-bond acceptors (Lipinski definition) is 5. The molecule has 1 heterocycles. The molecular weight excluding hydrogens is 196 g/mol. The average molecular weight is 216 g/mol. The van der Waals surface area contributed by atoms with Gasteiger partial charge >= 0.3 is 5.97 Å². The van der Waals surface area contributed by atoms with E-state index >= 15 is 0 Å². The van der Waals surface area contributed by atoms with Crippen LogP contribution in [0.5, 0.6) is 0 Å². The van der Waals surface area contributed by atoms with E-state index in [0.29, 0.717) is 0 Å². The summed E-state index contributed by atoms with van der Waals surface area (Å²) in [5, 5.41) is 13.4. The smallest absolute Gasteiger partial charge is 0.319 e. The molecule has 0 aliphatic carbocycles. The number of likely N-dealkylation sites (N-methyl/N-ethyl adjacent to an activating group) is 1. The van der Waals surface area contributed by atoms with Crippen molar-refractivity contribution >= 4 is 5.97 Å². The fraction of sp³-hybridized carbons (Fsp3) is 0.889. The standard InChI is InChI=1S/C9H20N4O2/c1-12(8-9(14)15)11-4-7-13-5-2-10-3-6-13/h10-11H,2-8H2,1H3,(H,14,15). The minimum Gasteiger partial charge on any atom is -0.480 e. The molecule has 1 rings (SSSR count). The largest absolute Gasteiger partial charge is 0.480 e. The van der Waals surface area contributed by atoms with Gasteiger partial charge in [0.05, 0.1) is 0 Å². The summed E-state index contributed by atoms with van der Waals surface area (Å²) in [7, 11) is 1.74. The summed E-state index contributed by atoms with van der Waals surface area (Å²) < 4.78 is 0. The molecule has 1 aliphatic rings. The van der Waals surface area contributed by atoms with Crippen molar-refractivity contribution in [3.8, 4) is 0 Å². The van der Waals surface area contributed by atoms with Crippen molar-refractivity contribution in [1.82, 2.24) is 20.7 Å². The van der Waals surface area contributed by atoms with Crippen molar-refractivity contribution < 1.29 is 9.90 Å². The van der Waals surface area contributed by atoms with Crippen molar-refractivity contribution in [3.63, 3.8) is 0 Å². The molecule has 0 unspecified atom stereocenters. The van der Waals surface area contributed by atoms with Gasteiger partial charge in [0.25, 0.3) is 0 Å². The highest BCUT2D eigenvalue weighted by atomic mass is 16.4. The molecule has 0 aromatic rings. The third-order valence-corrected chi connectivity index (χ3v) is 2.39. The van der Waals surface area contributed by atoms with Crippen LogP contribution in [0.4, 0.5) is 0 Å². The van der Waals surface area contributed by atoms with Crippen LogP contribution in [0, 0.1) is 0 Å². The van der Waals surface area contributed by atoms with Crippen LogP contribution in [0.3, 0.4) is 0 Å². The number of hydrogen-bond donors (Lipinski definition) is 3. The first-order chi connectivity index (χ1) is 7.18. The number of carboxylic acid groups (broad SMARTS) is 1. The fourth-order valence-electron chi connectivity index (χ4n) is 1.59. The van der Waals surface area contributed by atoms with E-state index in [2.05, 4.69) is 15.6 Å². The number of aliphatic carboxylic acids is 1. The van der Waals surface area contributed by atoms with E-state index < -0.39 is 5.97 Å². The van der Waals surface area contributed by atoms with Gasteiger partial charge in [-0.15, -0.1) is 0 Å². The van der Waals surface area contributed by atoms with Crippen molar-refractivity contribution in [3.05, 3.63) is 0 Å². The zero-order chi connectivity index (χ0) is 11.1. The highest BCUT2D eigenvalue weighted by Crippen LogP contribution is 1.90. The van der Waals surface area contributed by atoms with Crippen LogP contribution in [-0.2, 0) is 4.79 Å². The summed E-state index contributed by atoms with van der Waals surface area (Å²) in [5.41, 5.74) is 3.05. The zero-order valence-corrected chi connectivity index (χ0v) is 9.20. The Morgan fingerprint density at radius 3 is 2.80 bits per heavy atom. The lowest BCUT2D eigenvalue weighted by Gasteiger charge is -2.28. The van der Waals surface area contributed by atoms with Gasteiger partial charge in [0.1, 0.15) is 6.54 Å². The first kappa shape index (κ1) is 12.4. The lowest BCUT2D eigenvalue weighted by Crippen LogP contribution is -2.48. The lowest BCUT2D eigenvalue weighted by atomic mass is 10.3. The molecule has 0 bridgehead atoms. The molecule has 0 radical (unpaired) electrons. The van der Waals surface area contributed by atoms with Crippen LogP contribution in [-0.4, -0.2) is 73.8 Å². The van der Waals surface area contributed by atoms with Crippen molar-refractivity contribution in [1.29, 1.82) is 0 Å². The molecule has 0 spiro atoms. The predicted molar refractivity (Wildman–Crippen MR) is 57.6 cm³/mol. The number of nitrogens with one attached hydrogen (secondary N) is 2. The molecule has 1 saturated heterocycles. The Labute approximate surface area is 90.2 Å². The van der Waals surface area contributed by atoms with Gasteiger partial charge in [-0.3, -0.25) is 15.1 Å². The van der Waals surface area contributed by atoms with Gasteiger partial charge in [-0.2, -0.15) is 0 Å². The first-order valence-electron chi connectivity index (χ1n) is 5.28. The van der Waals surface area contributed by atoms with Crippen LogP contribution in [0.25, 0.3) is 0 Å². The molecule has 0 aromatic heterocycles.